The Kier molecular flexibility index (Phi) is 4.49. The molecule has 0 saturated heterocycles. The van der Waals surface area contributed by atoms with Crippen LogP contribution in [0.3, 0.4) is 0 Å². The van der Waals surface area contributed by atoms with Crippen LogP contribution in [0.4, 0.5) is 0 Å². The molecule has 0 aliphatic heterocycles. The Bertz CT molecular complexity index is 359. The SMILES string of the molecule is CCCc1nc(C2CCCCC2)ncc1CO. The topological polar surface area (TPSA) is 46.0 Å². The highest BCUT2D eigenvalue weighted by Crippen LogP contribution is 2.30. The summed E-state index contributed by atoms with van der Waals surface area (Å²) in [5, 5.41) is 9.27. The number of aliphatic hydroxyl groups excluding tert-OH is 1. The summed E-state index contributed by atoms with van der Waals surface area (Å²) in [6.45, 7) is 2.20. The second kappa shape index (κ2) is 6.10. The highest BCUT2D eigenvalue weighted by Gasteiger charge is 2.19. The van der Waals surface area contributed by atoms with E-state index in [-0.39, 0.29) is 6.61 Å². The molecule has 0 spiro atoms. The Labute approximate surface area is 103 Å². The predicted octanol–water partition coefficient (Wildman–Crippen LogP) is 2.97. The zero-order valence-corrected chi connectivity index (χ0v) is 10.7. The molecule has 1 fully saturated rings. The third-order valence-electron chi connectivity index (χ3n) is 3.60. The van der Waals surface area contributed by atoms with E-state index in [1.165, 1.54) is 32.1 Å². The van der Waals surface area contributed by atoms with Crippen molar-refractivity contribution < 1.29 is 5.11 Å². The second-order valence-electron chi connectivity index (χ2n) is 4.94. The number of aryl methyl sites for hydroxylation is 1. The minimum absolute atomic E-state index is 0.0558. The maximum Gasteiger partial charge on any atom is 0.131 e. The molecule has 2 rings (SSSR count). The molecule has 1 aromatic rings. The molecule has 1 N–H and O–H groups in total. The van der Waals surface area contributed by atoms with Crippen molar-refractivity contribution in [3.8, 4) is 0 Å². The van der Waals surface area contributed by atoms with E-state index in [9.17, 15) is 5.11 Å². The smallest absolute Gasteiger partial charge is 0.131 e. The second-order valence-corrected chi connectivity index (χ2v) is 4.94. The van der Waals surface area contributed by atoms with Crippen molar-refractivity contribution in [1.82, 2.24) is 9.97 Å². The van der Waals surface area contributed by atoms with Gasteiger partial charge in [-0.3, -0.25) is 0 Å². The van der Waals surface area contributed by atoms with Crippen LogP contribution in [0, 0.1) is 0 Å². The molecule has 1 aromatic heterocycles. The molecule has 0 aromatic carbocycles. The zero-order chi connectivity index (χ0) is 12.1. The Morgan fingerprint density at radius 1 is 1.29 bits per heavy atom. The number of aromatic nitrogens is 2. The summed E-state index contributed by atoms with van der Waals surface area (Å²) in [5.41, 5.74) is 1.94. The predicted molar refractivity (Wildman–Crippen MR) is 67.8 cm³/mol. The van der Waals surface area contributed by atoms with Gasteiger partial charge in [0.1, 0.15) is 5.82 Å². The van der Waals surface area contributed by atoms with Crippen molar-refractivity contribution >= 4 is 0 Å². The molecule has 3 heteroatoms. The molecule has 1 heterocycles. The van der Waals surface area contributed by atoms with E-state index in [0.717, 1.165) is 29.9 Å². The van der Waals surface area contributed by atoms with Crippen LogP contribution in [0.1, 0.15) is 68.4 Å². The van der Waals surface area contributed by atoms with Gasteiger partial charge in [-0.2, -0.15) is 0 Å². The third-order valence-corrected chi connectivity index (χ3v) is 3.60. The van der Waals surface area contributed by atoms with Gasteiger partial charge in [-0.15, -0.1) is 0 Å². The molecule has 94 valence electrons. The Balaban J connectivity index is 2.19. The van der Waals surface area contributed by atoms with Crippen molar-refractivity contribution in [2.24, 2.45) is 0 Å². The maximum absolute atomic E-state index is 9.27. The lowest BCUT2D eigenvalue weighted by molar-refractivity contribution is 0.279. The number of hydrogen-bond donors (Lipinski definition) is 1. The fourth-order valence-electron chi connectivity index (χ4n) is 2.60. The molecule has 1 saturated carbocycles. The van der Waals surface area contributed by atoms with Gasteiger partial charge in [-0.05, 0) is 19.3 Å². The Hall–Kier alpha value is -0.960. The summed E-state index contributed by atoms with van der Waals surface area (Å²) in [5.74, 6) is 1.55. The summed E-state index contributed by atoms with van der Waals surface area (Å²) in [6.07, 6.45) is 10.2. The largest absolute Gasteiger partial charge is 0.392 e. The number of aliphatic hydroxyl groups is 1. The van der Waals surface area contributed by atoms with Gasteiger partial charge >= 0.3 is 0 Å². The molecule has 1 aliphatic carbocycles. The van der Waals surface area contributed by atoms with Crippen LogP contribution in [-0.4, -0.2) is 15.1 Å². The summed E-state index contributed by atoms with van der Waals surface area (Å²) >= 11 is 0. The van der Waals surface area contributed by atoms with Gasteiger partial charge in [-0.1, -0.05) is 32.6 Å². The third kappa shape index (κ3) is 3.03. The average molecular weight is 234 g/mol. The van der Waals surface area contributed by atoms with Crippen LogP contribution < -0.4 is 0 Å². The molecular weight excluding hydrogens is 212 g/mol. The van der Waals surface area contributed by atoms with Crippen LogP contribution in [0.15, 0.2) is 6.20 Å². The molecule has 0 unspecified atom stereocenters. The standard InChI is InChI=1S/C14H22N2O/c1-2-6-13-12(10-17)9-15-14(16-13)11-7-4-3-5-8-11/h9,11,17H,2-8,10H2,1H3. The van der Waals surface area contributed by atoms with E-state index in [2.05, 4.69) is 16.9 Å². The first kappa shape index (κ1) is 12.5. The highest BCUT2D eigenvalue weighted by atomic mass is 16.3. The molecule has 0 amide bonds. The van der Waals surface area contributed by atoms with E-state index in [1.807, 2.05) is 6.20 Å². The van der Waals surface area contributed by atoms with Crippen molar-refractivity contribution in [3.63, 3.8) is 0 Å². The normalized spacial score (nSPS) is 17.3. The lowest BCUT2D eigenvalue weighted by atomic mass is 9.88. The molecule has 17 heavy (non-hydrogen) atoms. The van der Waals surface area contributed by atoms with E-state index in [4.69, 9.17) is 0 Å². The van der Waals surface area contributed by atoms with Gasteiger partial charge in [0.15, 0.2) is 0 Å². The Morgan fingerprint density at radius 2 is 2.06 bits per heavy atom. The van der Waals surface area contributed by atoms with Crippen LogP contribution in [0.5, 0.6) is 0 Å². The summed E-state index contributed by atoms with van der Waals surface area (Å²) in [4.78, 5) is 9.13. The highest BCUT2D eigenvalue weighted by molar-refractivity contribution is 5.18. The minimum Gasteiger partial charge on any atom is -0.392 e. The summed E-state index contributed by atoms with van der Waals surface area (Å²) in [7, 11) is 0. The van der Waals surface area contributed by atoms with Crippen LogP contribution >= 0.6 is 0 Å². The first-order valence-corrected chi connectivity index (χ1v) is 6.80. The van der Waals surface area contributed by atoms with Crippen LogP contribution in [0.25, 0.3) is 0 Å². The lowest BCUT2D eigenvalue weighted by Gasteiger charge is -2.21. The quantitative estimate of drug-likeness (QED) is 0.871. The number of hydrogen-bond acceptors (Lipinski definition) is 3. The van der Waals surface area contributed by atoms with Crippen molar-refractivity contribution in [3.05, 3.63) is 23.3 Å². The molecule has 1 aliphatic rings. The number of rotatable bonds is 4. The van der Waals surface area contributed by atoms with Crippen LogP contribution in [0.2, 0.25) is 0 Å². The first-order valence-electron chi connectivity index (χ1n) is 6.80. The molecule has 0 radical (unpaired) electrons. The number of nitrogens with zero attached hydrogens (tertiary/aromatic N) is 2. The van der Waals surface area contributed by atoms with Gasteiger partial charge in [0.05, 0.1) is 6.61 Å². The maximum atomic E-state index is 9.27. The molecule has 0 bridgehead atoms. The Morgan fingerprint density at radius 3 is 2.71 bits per heavy atom. The minimum atomic E-state index is 0.0558. The monoisotopic (exact) mass is 234 g/mol. The van der Waals surface area contributed by atoms with Crippen LogP contribution in [-0.2, 0) is 13.0 Å². The molecule has 0 atom stereocenters. The average Bonchev–Trinajstić information content (AvgIpc) is 2.40. The van der Waals surface area contributed by atoms with Crippen molar-refractivity contribution in [1.29, 1.82) is 0 Å². The van der Waals surface area contributed by atoms with E-state index >= 15 is 0 Å². The molecule has 3 nitrogen and oxygen atoms in total. The van der Waals surface area contributed by atoms with E-state index < -0.39 is 0 Å². The van der Waals surface area contributed by atoms with Gasteiger partial charge in [0, 0.05) is 23.4 Å². The van der Waals surface area contributed by atoms with Gasteiger partial charge < -0.3 is 5.11 Å². The summed E-state index contributed by atoms with van der Waals surface area (Å²) < 4.78 is 0. The van der Waals surface area contributed by atoms with E-state index in [1.54, 1.807) is 0 Å². The van der Waals surface area contributed by atoms with Crippen molar-refractivity contribution in [2.75, 3.05) is 0 Å². The van der Waals surface area contributed by atoms with Gasteiger partial charge in [0.25, 0.3) is 0 Å². The van der Waals surface area contributed by atoms with Crippen molar-refractivity contribution in [2.45, 2.75) is 64.4 Å². The zero-order valence-electron chi connectivity index (χ0n) is 10.7. The lowest BCUT2D eigenvalue weighted by Crippen LogP contribution is -2.11. The molecular formula is C14H22N2O. The van der Waals surface area contributed by atoms with E-state index in [0.29, 0.717) is 5.92 Å². The summed E-state index contributed by atoms with van der Waals surface area (Å²) in [6, 6.07) is 0. The fourth-order valence-corrected chi connectivity index (χ4v) is 2.60. The van der Waals surface area contributed by atoms with Gasteiger partial charge in [0.2, 0.25) is 0 Å². The van der Waals surface area contributed by atoms with Gasteiger partial charge in [-0.25, -0.2) is 9.97 Å². The fraction of sp³-hybridized carbons (Fsp3) is 0.714. The first-order chi connectivity index (χ1) is 8.35.